The van der Waals surface area contributed by atoms with E-state index in [1.807, 2.05) is 6.92 Å². The van der Waals surface area contributed by atoms with Gasteiger partial charge in [-0.1, -0.05) is 12.1 Å². The average Bonchev–Trinajstić information content (AvgIpc) is 2.88. The standard InChI is InChI=1S/C11H19N3O3S/c1-3-10-12-11(17-13-10)9-6-5-7-14(8-9)18(15,16)4-2/h9H,3-8H2,1-2H3/t9-/m0/s1. The summed E-state index contributed by atoms with van der Waals surface area (Å²) in [7, 11) is -3.12. The van der Waals surface area contributed by atoms with Crippen LogP contribution in [0.25, 0.3) is 0 Å². The van der Waals surface area contributed by atoms with Crippen molar-refractivity contribution in [2.75, 3.05) is 18.8 Å². The highest BCUT2D eigenvalue weighted by Crippen LogP contribution is 2.27. The third-order valence-electron chi connectivity index (χ3n) is 3.29. The summed E-state index contributed by atoms with van der Waals surface area (Å²) in [5, 5.41) is 3.86. The maximum atomic E-state index is 11.9. The summed E-state index contributed by atoms with van der Waals surface area (Å²) < 4.78 is 30.4. The number of nitrogens with zero attached hydrogens (tertiary/aromatic N) is 3. The van der Waals surface area contributed by atoms with Crippen molar-refractivity contribution in [2.45, 2.75) is 39.0 Å². The highest BCUT2D eigenvalue weighted by atomic mass is 32.2. The molecular weight excluding hydrogens is 254 g/mol. The van der Waals surface area contributed by atoms with Crippen molar-refractivity contribution >= 4 is 10.0 Å². The Hall–Kier alpha value is -0.950. The Morgan fingerprint density at radius 3 is 2.83 bits per heavy atom. The molecule has 102 valence electrons. The lowest BCUT2D eigenvalue weighted by molar-refractivity contribution is 0.265. The molecule has 1 fully saturated rings. The van der Waals surface area contributed by atoms with Crippen LogP contribution in [0.4, 0.5) is 0 Å². The Kier molecular flexibility index (Phi) is 4.01. The minimum absolute atomic E-state index is 0.0351. The van der Waals surface area contributed by atoms with E-state index in [9.17, 15) is 8.42 Å². The molecule has 1 aliphatic heterocycles. The minimum Gasteiger partial charge on any atom is -0.339 e. The SMILES string of the molecule is CCc1noc([C@H]2CCCN(S(=O)(=O)CC)C2)n1. The summed E-state index contributed by atoms with van der Waals surface area (Å²) in [6, 6.07) is 0. The number of piperidine rings is 1. The highest BCUT2D eigenvalue weighted by molar-refractivity contribution is 7.89. The zero-order valence-electron chi connectivity index (χ0n) is 10.8. The summed E-state index contributed by atoms with van der Waals surface area (Å²) >= 11 is 0. The van der Waals surface area contributed by atoms with Gasteiger partial charge in [0.2, 0.25) is 15.9 Å². The van der Waals surface area contributed by atoms with Gasteiger partial charge in [-0.2, -0.15) is 4.98 Å². The molecule has 6 nitrogen and oxygen atoms in total. The van der Waals surface area contributed by atoms with Crippen LogP contribution in [0, 0.1) is 0 Å². The Labute approximate surface area is 107 Å². The molecule has 0 bridgehead atoms. The number of aryl methyl sites for hydroxylation is 1. The van der Waals surface area contributed by atoms with Gasteiger partial charge in [0.25, 0.3) is 0 Å². The molecule has 0 spiro atoms. The largest absolute Gasteiger partial charge is 0.339 e. The van der Waals surface area contributed by atoms with E-state index in [1.165, 1.54) is 4.31 Å². The fraction of sp³-hybridized carbons (Fsp3) is 0.818. The Bertz CT molecular complexity index is 497. The van der Waals surface area contributed by atoms with Crippen molar-refractivity contribution < 1.29 is 12.9 Å². The van der Waals surface area contributed by atoms with Gasteiger partial charge in [0, 0.05) is 19.5 Å². The van der Waals surface area contributed by atoms with E-state index in [-0.39, 0.29) is 11.7 Å². The first kappa shape index (κ1) is 13.5. The third kappa shape index (κ3) is 2.72. The zero-order chi connectivity index (χ0) is 13.2. The first-order chi connectivity index (χ1) is 8.56. The van der Waals surface area contributed by atoms with E-state index in [2.05, 4.69) is 10.1 Å². The Morgan fingerprint density at radius 1 is 1.44 bits per heavy atom. The smallest absolute Gasteiger partial charge is 0.231 e. The molecule has 0 aromatic carbocycles. The number of hydrogen-bond donors (Lipinski definition) is 0. The number of hydrogen-bond acceptors (Lipinski definition) is 5. The van der Waals surface area contributed by atoms with Crippen LogP contribution in [0.15, 0.2) is 4.52 Å². The van der Waals surface area contributed by atoms with Gasteiger partial charge in [0.1, 0.15) is 0 Å². The van der Waals surface area contributed by atoms with Crippen molar-refractivity contribution in [1.82, 2.24) is 14.4 Å². The van der Waals surface area contributed by atoms with Crippen molar-refractivity contribution in [3.63, 3.8) is 0 Å². The molecule has 1 saturated heterocycles. The van der Waals surface area contributed by atoms with E-state index in [0.29, 0.717) is 24.8 Å². The van der Waals surface area contributed by atoms with E-state index < -0.39 is 10.0 Å². The fourth-order valence-corrected chi connectivity index (χ4v) is 3.34. The van der Waals surface area contributed by atoms with Gasteiger partial charge in [-0.25, -0.2) is 12.7 Å². The highest BCUT2D eigenvalue weighted by Gasteiger charge is 2.31. The summed E-state index contributed by atoms with van der Waals surface area (Å²) in [4.78, 5) is 4.30. The quantitative estimate of drug-likeness (QED) is 0.822. The van der Waals surface area contributed by atoms with Gasteiger partial charge < -0.3 is 4.52 Å². The molecule has 1 aliphatic rings. The maximum absolute atomic E-state index is 11.9. The Balaban J connectivity index is 2.11. The molecule has 0 radical (unpaired) electrons. The molecule has 0 aliphatic carbocycles. The second-order valence-corrected chi connectivity index (χ2v) is 6.76. The predicted octanol–water partition coefficient (Wildman–Crippen LogP) is 1.16. The molecule has 0 amide bonds. The summed E-state index contributed by atoms with van der Waals surface area (Å²) in [6.07, 6.45) is 2.47. The molecule has 2 heterocycles. The van der Waals surface area contributed by atoms with Gasteiger partial charge in [-0.15, -0.1) is 0 Å². The number of rotatable bonds is 4. The van der Waals surface area contributed by atoms with Crippen molar-refractivity contribution in [3.05, 3.63) is 11.7 Å². The van der Waals surface area contributed by atoms with Crippen molar-refractivity contribution in [1.29, 1.82) is 0 Å². The van der Waals surface area contributed by atoms with E-state index >= 15 is 0 Å². The Morgan fingerprint density at radius 2 is 2.22 bits per heavy atom. The lowest BCUT2D eigenvalue weighted by Gasteiger charge is -2.29. The molecule has 18 heavy (non-hydrogen) atoms. The van der Waals surface area contributed by atoms with Gasteiger partial charge >= 0.3 is 0 Å². The summed E-state index contributed by atoms with van der Waals surface area (Å²) in [6.45, 7) is 4.69. The van der Waals surface area contributed by atoms with Gasteiger partial charge in [-0.05, 0) is 19.8 Å². The normalized spacial score (nSPS) is 22.2. The predicted molar refractivity (Wildman–Crippen MR) is 66.7 cm³/mol. The van der Waals surface area contributed by atoms with Gasteiger partial charge in [0.15, 0.2) is 5.82 Å². The maximum Gasteiger partial charge on any atom is 0.231 e. The van der Waals surface area contributed by atoms with Crippen LogP contribution in [0.5, 0.6) is 0 Å². The topological polar surface area (TPSA) is 76.3 Å². The summed E-state index contributed by atoms with van der Waals surface area (Å²) in [5.41, 5.74) is 0. The van der Waals surface area contributed by atoms with Crippen LogP contribution >= 0.6 is 0 Å². The van der Waals surface area contributed by atoms with Gasteiger partial charge in [0.05, 0.1) is 11.7 Å². The van der Waals surface area contributed by atoms with Crippen LogP contribution < -0.4 is 0 Å². The first-order valence-corrected chi connectivity index (χ1v) is 7.98. The molecule has 1 atom stereocenters. The molecule has 0 unspecified atom stereocenters. The van der Waals surface area contributed by atoms with E-state index in [0.717, 1.165) is 19.3 Å². The monoisotopic (exact) mass is 273 g/mol. The molecule has 0 N–H and O–H groups in total. The minimum atomic E-state index is -3.12. The molecule has 1 aromatic heterocycles. The number of sulfonamides is 1. The molecule has 2 rings (SSSR count). The molecule has 7 heteroatoms. The van der Waals surface area contributed by atoms with E-state index in [4.69, 9.17) is 4.52 Å². The van der Waals surface area contributed by atoms with Crippen LogP contribution in [-0.4, -0.2) is 41.7 Å². The van der Waals surface area contributed by atoms with Crippen molar-refractivity contribution in [2.24, 2.45) is 0 Å². The van der Waals surface area contributed by atoms with Crippen LogP contribution in [0.3, 0.4) is 0 Å². The van der Waals surface area contributed by atoms with Crippen LogP contribution in [0.1, 0.15) is 44.3 Å². The molecule has 1 aromatic rings. The zero-order valence-corrected chi connectivity index (χ0v) is 11.6. The molecular formula is C11H19N3O3S. The van der Waals surface area contributed by atoms with Crippen LogP contribution in [-0.2, 0) is 16.4 Å². The second-order valence-electron chi connectivity index (χ2n) is 4.50. The van der Waals surface area contributed by atoms with Crippen molar-refractivity contribution in [3.8, 4) is 0 Å². The number of aromatic nitrogens is 2. The third-order valence-corrected chi connectivity index (χ3v) is 5.14. The first-order valence-electron chi connectivity index (χ1n) is 6.37. The fourth-order valence-electron chi connectivity index (χ4n) is 2.16. The lowest BCUT2D eigenvalue weighted by Crippen LogP contribution is -2.39. The average molecular weight is 273 g/mol. The van der Waals surface area contributed by atoms with E-state index in [1.54, 1.807) is 6.92 Å². The molecule has 0 saturated carbocycles. The van der Waals surface area contributed by atoms with Crippen LogP contribution in [0.2, 0.25) is 0 Å². The summed E-state index contributed by atoms with van der Waals surface area (Å²) in [5.74, 6) is 1.43. The lowest BCUT2D eigenvalue weighted by atomic mass is 10.00. The van der Waals surface area contributed by atoms with Gasteiger partial charge in [-0.3, -0.25) is 0 Å². The second kappa shape index (κ2) is 5.36.